The molecule has 0 saturated heterocycles. The van der Waals surface area contributed by atoms with Crippen LogP contribution in [0.15, 0.2) is 12.2 Å². The Balaban J connectivity index is 3.64. The van der Waals surface area contributed by atoms with E-state index in [9.17, 15) is 0 Å². The molecule has 0 aliphatic carbocycles. The maximum atomic E-state index is 5.50. The predicted molar refractivity (Wildman–Crippen MR) is 42.3 cm³/mol. The highest BCUT2D eigenvalue weighted by Gasteiger charge is 2.04. The molecule has 0 fully saturated rings. The molecule has 1 unspecified atom stereocenters. The standard InChI is InChI=1S/C8H17N/c1-4-7(3)8(5-2)6-9/h8H,3-6,9H2,1-2H3. The summed E-state index contributed by atoms with van der Waals surface area (Å²) in [6.45, 7) is 8.97. The monoisotopic (exact) mass is 127 g/mol. The average molecular weight is 127 g/mol. The third-order valence-electron chi connectivity index (χ3n) is 1.81. The molecule has 9 heavy (non-hydrogen) atoms. The van der Waals surface area contributed by atoms with E-state index in [0.29, 0.717) is 5.92 Å². The molecular weight excluding hydrogens is 110 g/mol. The molecule has 0 amide bonds. The van der Waals surface area contributed by atoms with Crippen molar-refractivity contribution in [1.82, 2.24) is 0 Å². The Morgan fingerprint density at radius 1 is 1.56 bits per heavy atom. The Labute approximate surface area is 57.9 Å². The van der Waals surface area contributed by atoms with E-state index >= 15 is 0 Å². The highest BCUT2D eigenvalue weighted by molar-refractivity contribution is 4.99. The summed E-state index contributed by atoms with van der Waals surface area (Å²) in [5, 5.41) is 0. The zero-order valence-corrected chi connectivity index (χ0v) is 6.48. The van der Waals surface area contributed by atoms with E-state index in [0.717, 1.165) is 19.4 Å². The first-order valence-electron chi connectivity index (χ1n) is 3.63. The fourth-order valence-corrected chi connectivity index (χ4v) is 0.911. The van der Waals surface area contributed by atoms with Crippen LogP contribution in [0.5, 0.6) is 0 Å². The minimum atomic E-state index is 0.551. The maximum Gasteiger partial charge on any atom is -0.00117 e. The Bertz CT molecular complexity index is 82.6. The third kappa shape index (κ3) is 2.66. The summed E-state index contributed by atoms with van der Waals surface area (Å²) in [7, 11) is 0. The second-order valence-electron chi connectivity index (χ2n) is 2.35. The van der Waals surface area contributed by atoms with Gasteiger partial charge in [-0.3, -0.25) is 0 Å². The van der Waals surface area contributed by atoms with Crippen molar-refractivity contribution in [2.75, 3.05) is 6.54 Å². The molecule has 1 nitrogen and oxygen atoms in total. The van der Waals surface area contributed by atoms with Crippen LogP contribution in [0.25, 0.3) is 0 Å². The lowest BCUT2D eigenvalue weighted by Crippen LogP contribution is -2.14. The third-order valence-corrected chi connectivity index (χ3v) is 1.81. The van der Waals surface area contributed by atoms with Gasteiger partial charge in [0, 0.05) is 0 Å². The van der Waals surface area contributed by atoms with Gasteiger partial charge in [0.15, 0.2) is 0 Å². The van der Waals surface area contributed by atoms with Gasteiger partial charge in [-0.1, -0.05) is 26.0 Å². The van der Waals surface area contributed by atoms with Crippen LogP contribution < -0.4 is 5.73 Å². The average Bonchev–Trinajstić information content (AvgIpc) is 1.90. The molecule has 2 N–H and O–H groups in total. The lowest BCUT2D eigenvalue weighted by molar-refractivity contribution is 0.588. The SMILES string of the molecule is C=C(CC)C(CC)CN. The minimum absolute atomic E-state index is 0.551. The second kappa shape index (κ2) is 4.57. The number of nitrogens with two attached hydrogens (primary N) is 1. The van der Waals surface area contributed by atoms with Crippen molar-refractivity contribution in [2.24, 2.45) is 11.7 Å². The van der Waals surface area contributed by atoms with E-state index in [2.05, 4.69) is 20.4 Å². The summed E-state index contributed by atoms with van der Waals surface area (Å²) >= 11 is 0. The summed E-state index contributed by atoms with van der Waals surface area (Å²) in [6, 6.07) is 0. The first kappa shape index (κ1) is 8.70. The molecule has 0 aromatic rings. The predicted octanol–water partition coefficient (Wildman–Crippen LogP) is 1.94. The molecular formula is C8H17N. The molecule has 0 aliphatic heterocycles. The first-order chi connectivity index (χ1) is 4.26. The van der Waals surface area contributed by atoms with Crippen LogP contribution in [0.2, 0.25) is 0 Å². The summed E-state index contributed by atoms with van der Waals surface area (Å²) < 4.78 is 0. The van der Waals surface area contributed by atoms with Gasteiger partial charge in [-0.2, -0.15) is 0 Å². The van der Waals surface area contributed by atoms with Crippen molar-refractivity contribution in [3.05, 3.63) is 12.2 Å². The molecule has 0 spiro atoms. The molecule has 0 saturated carbocycles. The van der Waals surface area contributed by atoms with Gasteiger partial charge in [-0.05, 0) is 25.3 Å². The Morgan fingerprint density at radius 2 is 2.11 bits per heavy atom. The van der Waals surface area contributed by atoms with E-state index in [1.165, 1.54) is 5.57 Å². The highest BCUT2D eigenvalue weighted by Crippen LogP contribution is 2.13. The van der Waals surface area contributed by atoms with Gasteiger partial charge < -0.3 is 5.73 Å². The Kier molecular flexibility index (Phi) is 4.41. The van der Waals surface area contributed by atoms with Crippen LogP contribution in [-0.2, 0) is 0 Å². The molecule has 1 atom stereocenters. The molecule has 0 bridgehead atoms. The zero-order valence-electron chi connectivity index (χ0n) is 6.48. The Hall–Kier alpha value is -0.300. The van der Waals surface area contributed by atoms with Gasteiger partial charge in [-0.25, -0.2) is 0 Å². The largest absolute Gasteiger partial charge is 0.330 e. The topological polar surface area (TPSA) is 26.0 Å². The summed E-state index contributed by atoms with van der Waals surface area (Å²) in [4.78, 5) is 0. The van der Waals surface area contributed by atoms with Gasteiger partial charge in [0.2, 0.25) is 0 Å². The van der Waals surface area contributed by atoms with Crippen molar-refractivity contribution >= 4 is 0 Å². The van der Waals surface area contributed by atoms with Crippen LogP contribution in [0.3, 0.4) is 0 Å². The van der Waals surface area contributed by atoms with E-state index in [1.54, 1.807) is 0 Å². The first-order valence-corrected chi connectivity index (χ1v) is 3.63. The maximum absolute atomic E-state index is 5.50. The van der Waals surface area contributed by atoms with Gasteiger partial charge in [0.05, 0.1) is 0 Å². The molecule has 0 radical (unpaired) electrons. The number of rotatable bonds is 4. The normalized spacial score (nSPS) is 13.2. The molecule has 0 aromatic carbocycles. The summed E-state index contributed by atoms with van der Waals surface area (Å²) in [5.41, 5.74) is 6.79. The Morgan fingerprint density at radius 3 is 2.22 bits per heavy atom. The van der Waals surface area contributed by atoms with Gasteiger partial charge in [0.1, 0.15) is 0 Å². The van der Waals surface area contributed by atoms with Crippen molar-refractivity contribution in [3.63, 3.8) is 0 Å². The van der Waals surface area contributed by atoms with E-state index in [4.69, 9.17) is 5.73 Å². The molecule has 0 rings (SSSR count). The van der Waals surface area contributed by atoms with Crippen molar-refractivity contribution in [1.29, 1.82) is 0 Å². The highest BCUT2D eigenvalue weighted by atomic mass is 14.5. The fraction of sp³-hybridized carbons (Fsp3) is 0.750. The lowest BCUT2D eigenvalue weighted by Gasteiger charge is -2.12. The second-order valence-corrected chi connectivity index (χ2v) is 2.35. The van der Waals surface area contributed by atoms with Crippen LogP contribution in [-0.4, -0.2) is 6.54 Å². The van der Waals surface area contributed by atoms with E-state index in [-0.39, 0.29) is 0 Å². The van der Waals surface area contributed by atoms with Gasteiger partial charge in [-0.15, -0.1) is 0 Å². The number of hydrogen-bond acceptors (Lipinski definition) is 1. The smallest absolute Gasteiger partial charge is 0.00117 e. The number of hydrogen-bond donors (Lipinski definition) is 1. The zero-order chi connectivity index (χ0) is 7.28. The molecule has 54 valence electrons. The molecule has 0 heterocycles. The van der Waals surface area contributed by atoms with Crippen molar-refractivity contribution in [2.45, 2.75) is 26.7 Å². The van der Waals surface area contributed by atoms with Gasteiger partial charge >= 0.3 is 0 Å². The molecule has 0 aromatic heterocycles. The van der Waals surface area contributed by atoms with Crippen LogP contribution in [0, 0.1) is 5.92 Å². The quantitative estimate of drug-likeness (QED) is 0.574. The van der Waals surface area contributed by atoms with Crippen molar-refractivity contribution < 1.29 is 0 Å². The van der Waals surface area contributed by atoms with E-state index in [1.807, 2.05) is 0 Å². The summed E-state index contributed by atoms with van der Waals surface area (Å²) in [6.07, 6.45) is 2.19. The van der Waals surface area contributed by atoms with Crippen LogP contribution in [0.4, 0.5) is 0 Å². The molecule has 1 heteroatoms. The van der Waals surface area contributed by atoms with Gasteiger partial charge in [0.25, 0.3) is 0 Å². The molecule has 0 aliphatic rings. The van der Waals surface area contributed by atoms with E-state index < -0.39 is 0 Å². The minimum Gasteiger partial charge on any atom is -0.330 e. The summed E-state index contributed by atoms with van der Waals surface area (Å²) in [5.74, 6) is 0.551. The fourth-order valence-electron chi connectivity index (χ4n) is 0.911. The lowest BCUT2D eigenvalue weighted by atomic mass is 9.96. The van der Waals surface area contributed by atoms with Crippen LogP contribution in [0.1, 0.15) is 26.7 Å². The van der Waals surface area contributed by atoms with Crippen molar-refractivity contribution in [3.8, 4) is 0 Å². The van der Waals surface area contributed by atoms with Crippen LogP contribution >= 0.6 is 0 Å².